The lowest BCUT2D eigenvalue weighted by atomic mass is 9.67. The van der Waals surface area contributed by atoms with Crippen molar-refractivity contribution < 1.29 is 36.3 Å². The number of halogens is 2. The van der Waals surface area contributed by atoms with E-state index in [1.54, 1.807) is 35.7 Å². The molecule has 1 amide bonds. The van der Waals surface area contributed by atoms with Gasteiger partial charge in [-0.1, -0.05) is 24.3 Å². The number of alkyl carbamates (subject to hydrolysis) is 1. The van der Waals surface area contributed by atoms with E-state index in [4.69, 9.17) is 9.47 Å². The smallest absolute Gasteiger partial charge is 0.407 e. The first-order valence-corrected chi connectivity index (χ1v) is 16.8. The minimum Gasteiger partial charge on any atom is -0.453 e. The van der Waals surface area contributed by atoms with Crippen LogP contribution in [0.5, 0.6) is 0 Å². The number of fused-ring (bicyclic) bond motifs is 2. The van der Waals surface area contributed by atoms with Gasteiger partial charge in [-0.2, -0.15) is 4.31 Å². The number of piperazine rings is 1. The zero-order valence-electron chi connectivity index (χ0n) is 25.1. The summed E-state index contributed by atoms with van der Waals surface area (Å²) >= 11 is 0. The highest BCUT2D eigenvalue weighted by Crippen LogP contribution is 2.43. The van der Waals surface area contributed by atoms with E-state index in [9.17, 15) is 22.4 Å². The van der Waals surface area contributed by atoms with E-state index in [0.717, 1.165) is 6.42 Å². The predicted octanol–water partition coefficient (Wildman–Crippen LogP) is 3.71. The maximum absolute atomic E-state index is 15.3. The average molecular weight is 634 g/mol. The van der Waals surface area contributed by atoms with Crippen LogP contribution in [0.25, 0.3) is 0 Å². The third kappa shape index (κ3) is 7.30. The standard InChI is InChI=1S/C32H41F2N3O6S/c1-42-26-15-22(16-26)30(20-8-10-23(33)11-9-20)31(36-32(39)43-2)29(38)17-21-5-3-7-28(34)27(21)13-12-25-18-35-24-6-4-14-44(40,41)37(25)19-24/h3,5,7-11,22,24-26,30-31,35H,4,6,12-19H2,1-2H3,(H,36,39)/t22?,24-,25+,26?,30+,31-/m1/s1. The Labute approximate surface area is 257 Å². The molecule has 2 heterocycles. The van der Waals surface area contributed by atoms with Gasteiger partial charge in [-0.25, -0.2) is 22.0 Å². The van der Waals surface area contributed by atoms with E-state index < -0.39 is 39.7 Å². The van der Waals surface area contributed by atoms with Gasteiger partial charge < -0.3 is 20.1 Å². The Balaban J connectivity index is 1.39. The summed E-state index contributed by atoms with van der Waals surface area (Å²) in [6, 6.07) is 9.25. The van der Waals surface area contributed by atoms with Crippen LogP contribution in [0.1, 0.15) is 54.7 Å². The third-order valence-corrected chi connectivity index (χ3v) is 11.4. The summed E-state index contributed by atoms with van der Waals surface area (Å²) in [4.78, 5) is 26.6. The largest absolute Gasteiger partial charge is 0.453 e. The number of benzene rings is 2. The van der Waals surface area contributed by atoms with Gasteiger partial charge in [-0.05, 0) is 79.3 Å². The molecule has 2 N–H and O–H groups in total. The van der Waals surface area contributed by atoms with E-state index in [2.05, 4.69) is 10.6 Å². The Bertz CT molecular complexity index is 1430. The lowest BCUT2D eigenvalue weighted by Gasteiger charge is -2.42. The Morgan fingerprint density at radius 2 is 1.86 bits per heavy atom. The van der Waals surface area contributed by atoms with Gasteiger partial charge in [0.05, 0.1) is 25.0 Å². The number of Topliss-reactive ketones (excluding diaryl/α,β-unsaturated/α-hetero) is 1. The first-order valence-electron chi connectivity index (χ1n) is 15.2. The van der Waals surface area contributed by atoms with Crippen LogP contribution in [0.2, 0.25) is 0 Å². The van der Waals surface area contributed by atoms with Crippen LogP contribution in [-0.2, 0) is 37.1 Å². The molecule has 5 rings (SSSR count). The van der Waals surface area contributed by atoms with Crippen molar-refractivity contribution in [3.63, 3.8) is 0 Å². The fourth-order valence-electron chi connectivity index (χ4n) is 6.97. The first kappa shape index (κ1) is 32.5. The topological polar surface area (TPSA) is 114 Å². The molecule has 0 radical (unpaired) electrons. The van der Waals surface area contributed by atoms with E-state index in [1.807, 2.05) is 0 Å². The van der Waals surface area contributed by atoms with Gasteiger partial charge in [0.2, 0.25) is 10.0 Å². The number of nitrogens with zero attached hydrogens (tertiary/aromatic N) is 1. The number of rotatable bonds is 11. The van der Waals surface area contributed by atoms with Crippen LogP contribution < -0.4 is 10.6 Å². The van der Waals surface area contributed by atoms with E-state index in [-0.39, 0.29) is 48.5 Å². The van der Waals surface area contributed by atoms with Crippen LogP contribution in [0.4, 0.5) is 13.6 Å². The van der Waals surface area contributed by atoms with Crippen LogP contribution in [0.3, 0.4) is 0 Å². The number of hydrogen-bond acceptors (Lipinski definition) is 7. The second kappa shape index (κ2) is 14.0. The molecular formula is C32H41F2N3O6S. The van der Waals surface area contributed by atoms with Crippen LogP contribution >= 0.6 is 0 Å². The Hall–Kier alpha value is -2.93. The van der Waals surface area contributed by atoms with Gasteiger partial charge in [0.15, 0.2) is 5.78 Å². The molecule has 5 atom stereocenters. The highest BCUT2D eigenvalue weighted by atomic mass is 32.2. The summed E-state index contributed by atoms with van der Waals surface area (Å²) in [6.45, 7) is 0.896. The molecule has 44 heavy (non-hydrogen) atoms. The molecule has 3 fully saturated rings. The quantitative estimate of drug-likeness (QED) is 0.388. The average Bonchev–Trinajstić information content (AvgIpc) is 3.09. The highest BCUT2D eigenvalue weighted by molar-refractivity contribution is 7.89. The molecule has 9 nitrogen and oxygen atoms in total. The molecule has 240 valence electrons. The van der Waals surface area contributed by atoms with Gasteiger partial charge in [0.25, 0.3) is 0 Å². The van der Waals surface area contributed by atoms with Gasteiger partial charge in [0.1, 0.15) is 11.6 Å². The molecule has 2 aromatic rings. The molecule has 0 spiro atoms. The maximum atomic E-state index is 15.3. The summed E-state index contributed by atoms with van der Waals surface area (Å²) in [5, 5.41) is 6.15. The molecule has 0 aromatic heterocycles. The number of sulfonamides is 1. The first-order chi connectivity index (χ1) is 21.1. The van der Waals surface area contributed by atoms with Crippen LogP contribution in [0.15, 0.2) is 42.5 Å². The monoisotopic (exact) mass is 633 g/mol. The fraction of sp³-hybridized carbons (Fsp3) is 0.562. The summed E-state index contributed by atoms with van der Waals surface area (Å²) < 4.78 is 66.9. The lowest BCUT2D eigenvalue weighted by Crippen LogP contribution is -2.57. The fourth-order valence-corrected chi connectivity index (χ4v) is 8.78. The number of methoxy groups -OCH3 is 2. The van der Waals surface area contributed by atoms with Crippen molar-refractivity contribution in [2.24, 2.45) is 5.92 Å². The molecule has 1 aliphatic carbocycles. The molecule has 12 heteroatoms. The minimum atomic E-state index is -3.40. The normalized spacial score (nSPS) is 27.3. The third-order valence-electron chi connectivity index (χ3n) is 9.46. The van der Waals surface area contributed by atoms with E-state index in [0.29, 0.717) is 55.5 Å². The van der Waals surface area contributed by atoms with Crippen molar-refractivity contribution in [2.45, 2.75) is 75.1 Å². The van der Waals surface area contributed by atoms with Gasteiger partial charge in [-0.3, -0.25) is 4.79 Å². The second-order valence-electron chi connectivity index (χ2n) is 12.1. The second-order valence-corrected chi connectivity index (χ2v) is 14.2. The molecule has 1 unspecified atom stereocenters. The number of hydrogen-bond donors (Lipinski definition) is 2. The number of carbonyl (C=O) groups excluding carboxylic acids is 2. The number of carbonyl (C=O) groups is 2. The van der Waals surface area contributed by atoms with Gasteiger partial charge in [0, 0.05) is 44.6 Å². The predicted molar refractivity (Wildman–Crippen MR) is 161 cm³/mol. The van der Waals surface area contributed by atoms with Crippen molar-refractivity contribution in [1.82, 2.24) is 14.9 Å². The highest BCUT2D eigenvalue weighted by Gasteiger charge is 2.43. The summed E-state index contributed by atoms with van der Waals surface area (Å²) in [7, 11) is -0.561. The van der Waals surface area contributed by atoms with Gasteiger partial charge in [-0.15, -0.1) is 0 Å². The Morgan fingerprint density at radius 3 is 2.57 bits per heavy atom. The van der Waals surface area contributed by atoms with Gasteiger partial charge >= 0.3 is 6.09 Å². The SMILES string of the molecule is COC(=O)N[C@H](C(=O)Cc1cccc(F)c1CC[C@H]1CN[C@@H]2CCCS(=O)(=O)N1C2)[C@@H](c1ccc(F)cc1)C1CC(OC)C1. The molecule has 2 saturated heterocycles. The van der Waals surface area contributed by atoms with Crippen molar-refractivity contribution in [2.75, 3.05) is 33.1 Å². The number of ketones is 1. The maximum Gasteiger partial charge on any atom is 0.407 e. The van der Waals surface area contributed by atoms with Crippen molar-refractivity contribution in [1.29, 1.82) is 0 Å². The Kier molecular flexibility index (Phi) is 10.3. The molecule has 2 aromatic carbocycles. The lowest BCUT2D eigenvalue weighted by molar-refractivity contribution is -0.122. The van der Waals surface area contributed by atoms with Crippen molar-refractivity contribution in [3.05, 3.63) is 70.8 Å². The molecular weight excluding hydrogens is 592 g/mol. The summed E-state index contributed by atoms with van der Waals surface area (Å²) in [6.07, 6.45) is 2.44. The molecule has 2 aliphatic heterocycles. The number of ether oxygens (including phenoxy) is 2. The Morgan fingerprint density at radius 1 is 1.11 bits per heavy atom. The summed E-state index contributed by atoms with van der Waals surface area (Å²) in [5.74, 6) is -1.63. The van der Waals surface area contributed by atoms with E-state index in [1.165, 1.54) is 25.3 Å². The van der Waals surface area contributed by atoms with Crippen LogP contribution in [0, 0.1) is 17.6 Å². The van der Waals surface area contributed by atoms with Crippen molar-refractivity contribution in [3.8, 4) is 0 Å². The zero-order chi connectivity index (χ0) is 31.4. The number of nitrogens with one attached hydrogen (secondary N) is 2. The summed E-state index contributed by atoms with van der Waals surface area (Å²) in [5.41, 5.74) is 1.53. The van der Waals surface area contributed by atoms with Crippen molar-refractivity contribution >= 4 is 21.9 Å². The minimum absolute atomic E-state index is 0.0178. The number of amides is 1. The van der Waals surface area contributed by atoms with Crippen LogP contribution in [-0.4, -0.2) is 81.9 Å². The molecule has 1 saturated carbocycles. The zero-order valence-corrected chi connectivity index (χ0v) is 26.0. The molecule has 2 bridgehead atoms. The molecule has 3 aliphatic rings. The van der Waals surface area contributed by atoms with E-state index >= 15 is 4.39 Å².